The number of hydrogen-bond acceptors (Lipinski definition) is 3. The van der Waals surface area contributed by atoms with E-state index in [9.17, 15) is 0 Å². The van der Waals surface area contributed by atoms with Crippen LogP contribution in [0.25, 0.3) is 9.81 Å². The van der Waals surface area contributed by atoms with E-state index in [1.807, 2.05) is 17.2 Å². The second kappa shape index (κ2) is 18.9. The molecule has 0 atom stereocenters. The number of alkyl halides is 1. The van der Waals surface area contributed by atoms with E-state index < -0.39 is 0 Å². The zero-order chi connectivity index (χ0) is 25.3. The number of aryl methyl sites for hydroxylation is 1. The maximum absolute atomic E-state index is 4.17. The van der Waals surface area contributed by atoms with Gasteiger partial charge in [0.2, 0.25) is 0 Å². The van der Waals surface area contributed by atoms with Gasteiger partial charge < -0.3 is 0 Å². The molecule has 3 rings (SSSR count). The topological polar surface area (TPSA) is 0 Å². The SMILES string of the molecule is C=C(SC(=C)c1ccc(CCC)s1)c1cccs1.CBr.CCCCC1CCC(CC(C)C)CC1. The van der Waals surface area contributed by atoms with Gasteiger partial charge in [-0.05, 0) is 60.0 Å². The molecule has 0 aliphatic heterocycles. The predicted molar refractivity (Wildman–Crippen MR) is 168 cm³/mol. The number of unbranched alkanes of at least 4 members (excludes halogenated alkanes) is 1. The molecule has 1 aliphatic carbocycles. The minimum absolute atomic E-state index is 0.909. The van der Waals surface area contributed by atoms with Gasteiger partial charge in [0.15, 0.2) is 0 Å². The fraction of sp³-hybridized carbons (Fsp3) is 0.600. The molecule has 1 saturated carbocycles. The number of hydrogen-bond donors (Lipinski definition) is 0. The van der Waals surface area contributed by atoms with Crippen LogP contribution in [0.15, 0.2) is 42.8 Å². The molecular formula is C30H47BrS3. The van der Waals surface area contributed by atoms with Gasteiger partial charge in [0.25, 0.3) is 0 Å². The van der Waals surface area contributed by atoms with Crippen LogP contribution in [0.1, 0.15) is 100 Å². The maximum Gasteiger partial charge on any atom is 0.0406 e. The number of thiophene rings is 2. The summed E-state index contributed by atoms with van der Waals surface area (Å²) in [4.78, 5) is 6.12. The lowest BCUT2D eigenvalue weighted by molar-refractivity contribution is 0.233. The number of rotatable bonds is 11. The van der Waals surface area contributed by atoms with Crippen molar-refractivity contribution in [3.05, 3.63) is 57.4 Å². The zero-order valence-corrected chi connectivity index (χ0v) is 26.2. The molecule has 0 amide bonds. The van der Waals surface area contributed by atoms with Crippen LogP contribution >= 0.6 is 50.4 Å². The smallest absolute Gasteiger partial charge is 0.0406 e. The molecule has 0 aromatic carbocycles. The highest BCUT2D eigenvalue weighted by molar-refractivity contribution is 9.08. The molecule has 1 fully saturated rings. The Morgan fingerprint density at radius 1 is 0.971 bits per heavy atom. The Kier molecular flexibility index (Phi) is 17.6. The van der Waals surface area contributed by atoms with E-state index in [1.165, 1.54) is 72.4 Å². The molecule has 0 N–H and O–H groups in total. The molecular weight excluding hydrogens is 536 g/mol. The van der Waals surface area contributed by atoms with Crippen LogP contribution < -0.4 is 0 Å². The van der Waals surface area contributed by atoms with Gasteiger partial charge in [0.05, 0.1) is 0 Å². The minimum atomic E-state index is 0.909. The van der Waals surface area contributed by atoms with Gasteiger partial charge in [-0.15, -0.1) is 22.7 Å². The molecule has 0 nitrogen and oxygen atoms in total. The molecule has 2 aromatic rings. The molecule has 2 aromatic heterocycles. The van der Waals surface area contributed by atoms with Crippen LogP contribution in [0.5, 0.6) is 0 Å². The summed E-state index contributed by atoms with van der Waals surface area (Å²) < 4.78 is 0. The van der Waals surface area contributed by atoms with E-state index in [-0.39, 0.29) is 0 Å². The second-order valence-electron chi connectivity index (χ2n) is 9.60. The van der Waals surface area contributed by atoms with Crippen molar-refractivity contribution in [2.24, 2.45) is 17.8 Å². The third kappa shape index (κ3) is 12.6. The molecule has 2 heterocycles. The first-order chi connectivity index (χ1) is 16.4. The van der Waals surface area contributed by atoms with E-state index in [4.69, 9.17) is 0 Å². The van der Waals surface area contributed by atoms with E-state index >= 15 is 0 Å². The lowest BCUT2D eigenvalue weighted by atomic mass is 9.77. The molecule has 0 bridgehead atoms. The van der Waals surface area contributed by atoms with Crippen molar-refractivity contribution >= 4 is 60.2 Å². The standard InChI is InChI=1S/C15H16S3.C14H28.CH3Br/c1-4-6-13-8-9-15(18-13)12(3)17-11(2)14-7-5-10-16-14;1-4-5-6-13-7-9-14(10-8-13)11-12(2)3;1-2/h5,7-10H,2-4,6H2,1H3;12-14H,4-11H2,1-3H3;1H3. The summed E-state index contributed by atoms with van der Waals surface area (Å²) in [6.45, 7) is 17.5. The summed E-state index contributed by atoms with van der Waals surface area (Å²) in [7, 11) is 0. The van der Waals surface area contributed by atoms with Crippen molar-refractivity contribution in [3.8, 4) is 0 Å². The Morgan fingerprint density at radius 2 is 1.62 bits per heavy atom. The summed E-state index contributed by atoms with van der Waals surface area (Å²) in [5.74, 6) is 4.87. The second-order valence-corrected chi connectivity index (χ2v) is 12.9. The lowest BCUT2D eigenvalue weighted by Crippen LogP contribution is -2.16. The predicted octanol–water partition coefficient (Wildman–Crippen LogP) is 12.2. The highest BCUT2D eigenvalue weighted by Crippen LogP contribution is 2.40. The first-order valence-corrected chi connectivity index (χ1v) is 17.1. The fourth-order valence-electron chi connectivity index (χ4n) is 4.51. The van der Waals surface area contributed by atoms with Crippen LogP contribution in [-0.4, -0.2) is 5.83 Å². The van der Waals surface area contributed by atoms with Crippen molar-refractivity contribution in [2.45, 2.75) is 91.9 Å². The zero-order valence-electron chi connectivity index (χ0n) is 22.2. The number of thioether (sulfide) groups is 1. The lowest BCUT2D eigenvalue weighted by Gasteiger charge is -2.29. The molecule has 1 aliphatic rings. The molecule has 34 heavy (non-hydrogen) atoms. The average Bonchev–Trinajstić information content (AvgIpc) is 3.53. The van der Waals surface area contributed by atoms with Crippen molar-refractivity contribution in [1.29, 1.82) is 0 Å². The van der Waals surface area contributed by atoms with Gasteiger partial charge >= 0.3 is 0 Å². The Labute approximate surface area is 231 Å². The van der Waals surface area contributed by atoms with Crippen LogP contribution in [0.4, 0.5) is 0 Å². The summed E-state index contributed by atoms with van der Waals surface area (Å²) in [6.07, 6.45) is 14.3. The quantitative estimate of drug-likeness (QED) is 0.237. The van der Waals surface area contributed by atoms with Crippen molar-refractivity contribution in [2.75, 3.05) is 5.83 Å². The van der Waals surface area contributed by atoms with Gasteiger partial charge in [-0.3, -0.25) is 0 Å². The largest absolute Gasteiger partial charge is 0.143 e. The monoisotopic (exact) mass is 582 g/mol. The van der Waals surface area contributed by atoms with E-state index in [0.717, 1.165) is 34.0 Å². The molecule has 0 saturated heterocycles. The molecule has 0 spiro atoms. The Balaban J connectivity index is 0.000000326. The molecule has 0 radical (unpaired) electrons. The van der Waals surface area contributed by atoms with Gasteiger partial charge in [-0.25, -0.2) is 0 Å². The maximum atomic E-state index is 4.17. The van der Waals surface area contributed by atoms with Crippen molar-refractivity contribution in [1.82, 2.24) is 0 Å². The van der Waals surface area contributed by atoms with Crippen molar-refractivity contribution in [3.63, 3.8) is 0 Å². The molecule has 0 unspecified atom stereocenters. The molecule has 192 valence electrons. The Morgan fingerprint density at radius 3 is 2.18 bits per heavy atom. The summed E-state index contributed by atoms with van der Waals surface area (Å²) in [5, 5.41) is 2.08. The van der Waals surface area contributed by atoms with Gasteiger partial charge in [-0.1, -0.05) is 126 Å². The van der Waals surface area contributed by atoms with Crippen LogP contribution in [0.3, 0.4) is 0 Å². The van der Waals surface area contributed by atoms with E-state index in [2.05, 4.69) is 86.4 Å². The first kappa shape index (κ1) is 31.7. The summed E-state index contributed by atoms with van der Waals surface area (Å²) in [5.41, 5.74) is 0. The Hall–Kier alpha value is -0.290. The van der Waals surface area contributed by atoms with Gasteiger partial charge in [-0.2, -0.15) is 0 Å². The van der Waals surface area contributed by atoms with Crippen molar-refractivity contribution < 1.29 is 0 Å². The van der Waals surface area contributed by atoms with E-state index in [1.54, 1.807) is 23.1 Å². The van der Waals surface area contributed by atoms with Gasteiger partial charge in [0, 0.05) is 24.4 Å². The van der Waals surface area contributed by atoms with Crippen LogP contribution in [0.2, 0.25) is 0 Å². The summed E-state index contributed by atoms with van der Waals surface area (Å²) >= 11 is 8.18. The normalized spacial score (nSPS) is 17.4. The first-order valence-electron chi connectivity index (χ1n) is 13.0. The van der Waals surface area contributed by atoms with E-state index in [0.29, 0.717) is 0 Å². The number of halogens is 1. The minimum Gasteiger partial charge on any atom is -0.143 e. The fourth-order valence-corrected chi connectivity index (χ4v) is 7.23. The average molecular weight is 584 g/mol. The third-order valence-corrected chi connectivity index (χ3v) is 9.54. The molecule has 4 heteroatoms. The van der Waals surface area contributed by atoms with Crippen LogP contribution in [-0.2, 0) is 6.42 Å². The van der Waals surface area contributed by atoms with Gasteiger partial charge in [0.1, 0.15) is 0 Å². The van der Waals surface area contributed by atoms with Crippen LogP contribution in [0, 0.1) is 17.8 Å². The third-order valence-electron chi connectivity index (χ3n) is 6.21. The highest BCUT2D eigenvalue weighted by Gasteiger charge is 2.21. The Bertz CT molecular complexity index is 780. The highest BCUT2D eigenvalue weighted by atomic mass is 79.9. The summed E-state index contributed by atoms with van der Waals surface area (Å²) in [6, 6.07) is 8.54.